The van der Waals surface area contributed by atoms with E-state index in [1.807, 2.05) is 14.1 Å². The summed E-state index contributed by atoms with van der Waals surface area (Å²) < 4.78 is 6.98. The number of aromatic nitrogens is 2. The average Bonchev–Trinajstić information content (AvgIpc) is 2.66. The Kier molecular flexibility index (Phi) is 3.98. The number of nitrogens with zero attached hydrogens (tertiary/aromatic N) is 3. The van der Waals surface area contributed by atoms with E-state index in [0.717, 1.165) is 19.6 Å². The van der Waals surface area contributed by atoms with Gasteiger partial charge in [0.15, 0.2) is 11.5 Å². The van der Waals surface area contributed by atoms with Crippen LogP contribution in [0, 0.1) is 5.92 Å². The van der Waals surface area contributed by atoms with Gasteiger partial charge in [-0.25, -0.2) is 0 Å². The minimum absolute atomic E-state index is 0.0636. The number of rotatable bonds is 6. The summed E-state index contributed by atoms with van der Waals surface area (Å²) in [7, 11) is 5.57. The van der Waals surface area contributed by atoms with E-state index in [4.69, 9.17) is 4.74 Å². The molecule has 1 saturated heterocycles. The van der Waals surface area contributed by atoms with E-state index in [-0.39, 0.29) is 11.7 Å². The molecule has 6 nitrogen and oxygen atoms in total. The first-order valence-electron chi connectivity index (χ1n) is 6.13. The van der Waals surface area contributed by atoms with Crippen LogP contribution in [0.2, 0.25) is 0 Å². The van der Waals surface area contributed by atoms with Crippen molar-refractivity contribution in [3.63, 3.8) is 0 Å². The first-order valence-corrected chi connectivity index (χ1v) is 6.13. The molecule has 1 fully saturated rings. The number of ether oxygens (including phenoxy) is 1. The van der Waals surface area contributed by atoms with E-state index in [9.17, 15) is 4.79 Å². The predicted molar refractivity (Wildman–Crippen MR) is 68.0 cm³/mol. The van der Waals surface area contributed by atoms with Crippen molar-refractivity contribution in [3.05, 3.63) is 11.9 Å². The molecule has 0 bridgehead atoms. The third kappa shape index (κ3) is 2.54. The van der Waals surface area contributed by atoms with E-state index in [1.165, 1.54) is 0 Å². The van der Waals surface area contributed by atoms with Gasteiger partial charge >= 0.3 is 0 Å². The van der Waals surface area contributed by atoms with Crippen molar-refractivity contribution in [1.29, 1.82) is 0 Å². The highest BCUT2D eigenvalue weighted by Crippen LogP contribution is 2.22. The fourth-order valence-electron chi connectivity index (χ4n) is 1.90. The fourth-order valence-corrected chi connectivity index (χ4v) is 1.90. The van der Waals surface area contributed by atoms with Crippen molar-refractivity contribution < 1.29 is 9.53 Å². The first-order chi connectivity index (χ1) is 8.63. The molecule has 1 aromatic rings. The molecule has 6 heteroatoms. The monoisotopic (exact) mass is 252 g/mol. The molecule has 18 heavy (non-hydrogen) atoms. The lowest BCUT2D eigenvalue weighted by atomic mass is 9.95. The zero-order valence-corrected chi connectivity index (χ0v) is 11.1. The van der Waals surface area contributed by atoms with Gasteiger partial charge in [-0.2, -0.15) is 5.10 Å². The van der Waals surface area contributed by atoms with Crippen LogP contribution < -0.4 is 10.1 Å². The van der Waals surface area contributed by atoms with Crippen molar-refractivity contribution in [1.82, 2.24) is 20.0 Å². The Hall–Kier alpha value is -1.40. The van der Waals surface area contributed by atoms with Crippen molar-refractivity contribution in [2.75, 3.05) is 40.8 Å². The predicted octanol–water partition coefficient (Wildman–Crippen LogP) is -0.145. The van der Waals surface area contributed by atoms with Crippen molar-refractivity contribution in [3.8, 4) is 5.75 Å². The molecule has 0 amide bonds. The normalized spacial score (nSPS) is 15.8. The fraction of sp³-hybridized carbons (Fsp3) is 0.667. The highest BCUT2D eigenvalue weighted by Gasteiger charge is 2.31. The molecular weight excluding hydrogens is 232 g/mol. The SMILES string of the molecule is COc1cnn(CCN(C)C)c1C(=O)C1CNC1. The van der Waals surface area contributed by atoms with Gasteiger partial charge in [0.05, 0.1) is 19.9 Å². The lowest BCUT2D eigenvalue weighted by Crippen LogP contribution is -2.47. The summed E-state index contributed by atoms with van der Waals surface area (Å²) in [6.07, 6.45) is 1.62. The Labute approximate surface area is 107 Å². The second kappa shape index (κ2) is 5.49. The van der Waals surface area contributed by atoms with Gasteiger partial charge < -0.3 is 15.0 Å². The molecule has 0 unspecified atom stereocenters. The van der Waals surface area contributed by atoms with Crippen LogP contribution in [0.25, 0.3) is 0 Å². The topological polar surface area (TPSA) is 59.4 Å². The molecule has 0 radical (unpaired) electrons. The zero-order valence-electron chi connectivity index (χ0n) is 11.1. The summed E-state index contributed by atoms with van der Waals surface area (Å²) in [6.45, 7) is 3.04. The van der Waals surface area contributed by atoms with Gasteiger partial charge in [-0.1, -0.05) is 0 Å². The third-order valence-corrected chi connectivity index (χ3v) is 3.17. The maximum atomic E-state index is 12.3. The van der Waals surface area contributed by atoms with Gasteiger partial charge in [0, 0.05) is 25.6 Å². The number of carbonyl (C=O) groups excluding carboxylic acids is 1. The van der Waals surface area contributed by atoms with Crippen LogP contribution in [0.5, 0.6) is 5.75 Å². The Morgan fingerprint density at radius 3 is 2.83 bits per heavy atom. The molecule has 100 valence electrons. The Morgan fingerprint density at radius 1 is 1.61 bits per heavy atom. The largest absolute Gasteiger partial charge is 0.493 e. The lowest BCUT2D eigenvalue weighted by molar-refractivity contribution is 0.0862. The number of likely N-dealkylation sites (N-methyl/N-ethyl adjacent to an activating group) is 1. The van der Waals surface area contributed by atoms with E-state index in [2.05, 4.69) is 15.3 Å². The summed E-state index contributed by atoms with van der Waals surface area (Å²) in [5.41, 5.74) is 0.603. The van der Waals surface area contributed by atoms with Crippen LogP contribution in [0.15, 0.2) is 6.20 Å². The minimum Gasteiger partial charge on any atom is -0.493 e. The van der Waals surface area contributed by atoms with Gasteiger partial charge in [0.25, 0.3) is 0 Å². The lowest BCUT2D eigenvalue weighted by Gasteiger charge is -2.26. The van der Waals surface area contributed by atoms with Crippen LogP contribution >= 0.6 is 0 Å². The Morgan fingerprint density at radius 2 is 2.33 bits per heavy atom. The van der Waals surface area contributed by atoms with Crippen molar-refractivity contribution in [2.24, 2.45) is 5.92 Å². The number of nitrogens with one attached hydrogen (secondary N) is 1. The van der Waals surface area contributed by atoms with Crippen LogP contribution in [0.1, 0.15) is 10.5 Å². The number of Topliss-reactive ketones (excluding diaryl/α,β-unsaturated/α-hetero) is 1. The second-order valence-electron chi connectivity index (χ2n) is 4.81. The van der Waals surface area contributed by atoms with E-state index >= 15 is 0 Å². The molecule has 0 aromatic carbocycles. The molecule has 2 rings (SSSR count). The summed E-state index contributed by atoms with van der Waals surface area (Å²) in [5, 5.41) is 7.36. The molecule has 1 aliphatic heterocycles. The number of hydrogen-bond donors (Lipinski definition) is 1. The maximum absolute atomic E-state index is 12.3. The maximum Gasteiger partial charge on any atom is 0.190 e. The van der Waals surface area contributed by atoms with Gasteiger partial charge in [0.2, 0.25) is 0 Å². The minimum atomic E-state index is 0.0636. The van der Waals surface area contributed by atoms with Crippen LogP contribution in [0.4, 0.5) is 0 Å². The number of carbonyl (C=O) groups is 1. The Balaban J connectivity index is 2.18. The standard InChI is InChI=1S/C12H20N4O2/c1-15(2)4-5-16-11(10(18-3)8-14-16)12(17)9-6-13-7-9/h8-9,13H,4-7H2,1-3H3. The molecule has 0 saturated carbocycles. The van der Waals surface area contributed by atoms with Crippen LogP contribution in [-0.2, 0) is 6.54 Å². The molecule has 1 aliphatic rings. The molecule has 0 aliphatic carbocycles. The third-order valence-electron chi connectivity index (χ3n) is 3.17. The zero-order chi connectivity index (χ0) is 13.1. The number of hydrogen-bond acceptors (Lipinski definition) is 5. The van der Waals surface area contributed by atoms with Gasteiger partial charge in [-0.15, -0.1) is 0 Å². The van der Waals surface area contributed by atoms with Crippen molar-refractivity contribution >= 4 is 5.78 Å². The summed E-state index contributed by atoms with van der Waals surface area (Å²) in [4.78, 5) is 14.4. The number of methoxy groups -OCH3 is 1. The summed E-state index contributed by atoms with van der Waals surface area (Å²) in [6, 6.07) is 0. The molecule has 2 heterocycles. The van der Waals surface area contributed by atoms with E-state index < -0.39 is 0 Å². The quantitative estimate of drug-likeness (QED) is 0.714. The highest BCUT2D eigenvalue weighted by atomic mass is 16.5. The van der Waals surface area contributed by atoms with Gasteiger partial charge in [-0.3, -0.25) is 9.48 Å². The molecular formula is C12H20N4O2. The molecule has 0 atom stereocenters. The smallest absolute Gasteiger partial charge is 0.190 e. The highest BCUT2D eigenvalue weighted by molar-refractivity contribution is 5.99. The average molecular weight is 252 g/mol. The van der Waals surface area contributed by atoms with Crippen LogP contribution in [0.3, 0.4) is 0 Å². The van der Waals surface area contributed by atoms with Crippen LogP contribution in [-0.4, -0.2) is 61.3 Å². The molecule has 1 aromatic heterocycles. The van der Waals surface area contributed by atoms with E-state index in [1.54, 1.807) is 18.0 Å². The van der Waals surface area contributed by atoms with E-state index in [0.29, 0.717) is 18.0 Å². The molecule has 1 N–H and O–H groups in total. The summed E-state index contributed by atoms with van der Waals surface area (Å²) >= 11 is 0. The van der Waals surface area contributed by atoms with Gasteiger partial charge in [-0.05, 0) is 14.1 Å². The summed E-state index contributed by atoms with van der Waals surface area (Å²) in [5.74, 6) is 0.765. The Bertz CT molecular complexity index is 424. The van der Waals surface area contributed by atoms with Gasteiger partial charge in [0.1, 0.15) is 5.69 Å². The number of ketones is 1. The molecule has 0 spiro atoms. The van der Waals surface area contributed by atoms with Crippen molar-refractivity contribution in [2.45, 2.75) is 6.54 Å². The second-order valence-corrected chi connectivity index (χ2v) is 4.81. The first kappa shape index (κ1) is 13.0.